The van der Waals surface area contributed by atoms with Crippen LogP contribution in [0.5, 0.6) is 0 Å². The second-order valence-corrected chi connectivity index (χ2v) is 7.03. The molecule has 2 rings (SSSR count). The van der Waals surface area contributed by atoms with Gasteiger partial charge >= 0.3 is 12.3 Å². The average molecular weight is 507 g/mol. The molecule has 0 aliphatic heterocycles. The quantitative estimate of drug-likeness (QED) is 0.0862. The molecule has 0 atom stereocenters. The summed E-state index contributed by atoms with van der Waals surface area (Å²) in [7, 11) is 0. The van der Waals surface area contributed by atoms with Crippen molar-refractivity contribution in [2.45, 2.75) is 38.5 Å². The SMILES string of the molecule is NNC(=O)c1ccccc1.NNC(=O)c1ccccc1.O=C(O)OCCCCCCCCOC(=O)O. The number of hydrazine groups is 2. The van der Waals surface area contributed by atoms with Crippen molar-refractivity contribution in [2.24, 2.45) is 11.7 Å². The van der Waals surface area contributed by atoms with Gasteiger partial charge in [0.15, 0.2) is 0 Å². The Labute approximate surface area is 209 Å². The van der Waals surface area contributed by atoms with Crippen LogP contribution in [0.15, 0.2) is 60.7 Å². The third-order valence-corrected chi connectivity index (χ3v) is 4.32. The summed E-state index contributed by atoms with van der Waals surface area (Å²) in [6.07, 6.45) is 2.85. The van der Waals surface area contributed by atoms with Crippen LogP contribution < -0.4 is 22.5 Å². The van der Waals surface area contributed by atoms with Crippen LogP contribution in [0.25, 0.3) is 0 Å². The number of ether oxygens (including phenoxy) is 2. The molecule has 36 heavy (non-hydrogen) atoms. The van der Waals surface area contributed by atoms with Gasteiger partial charge in [-0.3, -0.25) is 20.4 Å². The van der Waals surface area contributed by atoms with Gasteiger partial charge in [-0.2, -0.15) is 0 Å². The van der Waals surface area contributed by atoms with Crippen molar-refractivity contribution in [3.63, 3.8) is 0 Å². The summed E-state index contributed by atoms with van der Waals surface area (Å²) in [6.45, 7) is 0.495. The lowest BCUT2D eigenvalue weighted by atomic mass is 10.1. The van der Waals surface area contributed by atoms with E-state index in [-0.39, 0.29) is 25.0 Å². The van der Waals surface area contributed by atoms with Crippen molar-refractivity contribution >= 4 is 24.1 Å². The number of benzene rings is 2. The van der Waals surface area contributed by atoms with E-state index in [1.807, 2.05) is 23.0 Å². The molecule has 0 unspecified atom stereocenters. The molecule has 0 aromatic heterocycles. The highest BCUT2D eigenvalue weighted by atomic mass is 16.7. The maximum absolute atomic E-state index is 10.8. The van der Waals surface area contributed by atoms with Gasteiger partial charge in [-0.15, -0.1) is 0 Å². The first kappa shape index (κ1) is 31.8. The zero-order chi connectivity index (χ0) is 27.0. The molecule has 0 aliphatic carbocycles. The van der Waals surface area contributed by atoms with Crippen LogP contribution in [0.3, 0.4) is 0 Å². The summed E-state index contributed by atoms with van der Waals surface area (Å²) in [6, 6.07) is 17.6. The number of hydrogen-bond donors (Lipinski definition) is 6. The summed E-state index contributed by atoms with van der Waals surface area (Å²) in [5.41, 5.74) is 5.23. The van der Waals surface area contributed by atoms with Crippen LogP contribution in [0.4, 0.5) is 9.59 Å². The Morgan fingerprint density at radius 3 is 1.17 bits per heavy atom. The number of hydrogen-bond acceptors (Lipinski definition) is 8. The Balaban J connectivity index is 0.000000532. The van der Waals surface area contributed by atoms with Gasteiger partial charge in [0, 0.05) is 11.1 Å². The van der Waals surface area contributed by atoms with Crippen LogP contribution in [-0.4, -0.2) is 47.6 Å². The monoisotopic (exact) mass is 506 g/mol. The van der Waals surface area contributed by atoms with Crippen molar-refractivity contribution in [2.75, 3.05) is 13.2 Å². The number of carbonyl (C=O) groups is 4. The Morgan fingerprint density at radius 1 is 0.583 bits per heavy atom. The molecule has 0 fully saturated rings. The molecule has 198 valence electrons. The van der Waals surface area contributed by atoms with Gasteiger partial charge < -0.3 is 19.7 Å². The molecular formula is C24H34N4O8. The first-order valence-corrected chi connectivity index (χ1v) is 11.1. The number of rotatable bonds is 11. The normalized spacial score (nSPS) is 9.28. The van der Waals surface area contributed by atoms with Gasteiger partial charge in [0.05, 0.1) is 13.2 Å². The van der Waals surface area contributed by atoms with Crippen molar-refractivity contribution < 1.29 is 38.9 Å². The zero-order valence-electron chi connectivity index (χ0n) is 19.9. The van der Waals surface area contributed by atoms with Crippen LogP contribution in [-0.2, 0) is 9.47 Å². The number of nitrogens with one attached hydrogen (secondary N) is 2. The van der Waals surface area contributed by atoms with Crippen molar-refractivity contribution in [1.29, 1.82) is 0 Å². The van der Waals surface area contributed by atoms with E-state index in [2.05, 4.69) is 9.47 Å². The van der Waals surface area contributed by atoms with Gasteiger partial charge in [-0.1, -0.05) is 62.1 Å². The van der Waals surface area contributed by atoms with Gasteiger partial charge in [0.25, 0.3) is 11.8 Å². The molecule has 0 saturated heterocycles. The Hall–Kier alpha value is -4.16. The minimum absolute atomic E-state index is 0.247. The minimum Gasteiger partial charge on any atom is -0.450 e. The van der Waals surface area contributed by atoms with E-state index in [0.29, 0.717) is 11.1 Å². The molecular weight excluding hydrogens is 472 g/mol. The highest BCUT2D eigenvalue weighted by molar-refractivity contribution is 5.94. The maximum Gasteiger partial charge on any atom is 0.505 e. The molecule has 2 aromatic rings. The Bertz CT molecular complexity index is 809. The van der Waals surface area contributed by atoms with Crippen LogP contribution in [0.1, 0.15) is 59.2 Å². The molecule has 0 aliphatic rings. The fraction of sp³-hybridized carbons (Fsp3) is 0.333. The van der Waals surface area contributed by atoms with Gasteiger partial charge in [-0.05, 0) is 37.1 Å². The number of carboxylic acid groups (broad SMARTS) is 2. The Kier molecular flexibility index (Phi) is 18.9. The van der Waals surface area contributed by atoms with E-state index in [1.165, 1.54) is 0 Å². The van der Waals surface area contributed by atoms with Crippen LogP contribution >= 0.6 is 0 Å². The van der Waals surface area contributed by atoms with E-state index in [4.69, 9.17) is 21.9 Å². The maximum atomic E-state index is 10.8. The topological polar surface area (TPSA) is 203 Å². The predicted molar refractivity (Wildman–Crippen MR) is 132 cm³/mol. The molecule has 0 spiro atoms. The summed E-state index contributed by atoms with van der Waals surface area (Å²) in [4.78, 5) is 41.5. The molecule has 2 amide bonds. The van der Waals surface area contributed by atoms with Crippen LogP contribution in [0, 0.1) is 0 Å². The van der Waals surface area contributed by atoms with E-state index in [1.54, 1.807) is 48.5 Å². The Morgan fingerprint density at radius 2 is 0.889 bits per heavy atom. The van der Waals surface area contributed by atoms with E-state index >= 15 is 0 Å². The van der Waals surface area contributed by atoms with Gasteiger partial charge in [0.2, 0.25) is 0 Å². The van der Waals surface area contributed by atoms with Crippen molar-refractivity contribution in [3.8, 4) is 0 Å². The second kappa shape index (κ2) is 21.4. The lowest BCUT2D eigenvalue weighted by Gasteiger charge is -2.02. The van der Waals surface area contributed by atoms with E-state index < -0.39 is 12.3 Å². The van der Waals surface area contributed by atoms with Crippen molar-refractivity contribution in [1.82, 2.24) is 10.9 Å². The molecule has 12 nitrogen and oxygen atoms in total. The summed E-state index contributed by atoms with van der Waals surface area (Å²) < 4.78 is 8.69. The smallest absolute Gasteiger partial charge is 0.450 e. The highest BCUT2D eigenvalue weighted by Crippen LogP contribution is 2.05. The number of carbonyl (C=O) groups excluding carboxylic acids is 2. The number of nitrogen functional groups attached to an aromatic ring is 2. The third-order valence-electron chi connectivity index (χ3n) is 4.32. The largest absolute Gasteiger partial charge is 0.505 e. The first-order chi connectivity index (χ1) is 17.3. The second-order valence-electron chi connectivity index (χ2n) is 7.03. The molecule has 0 bridgehead atoms. The van der Waals surface area contributed by atoms with Gasteiger partial charge in [0.1, 0.15) is 0 Å². The third kappa shape index (κ3) is 18.3. The summed E-state index contributed by atoms with van der Waals surface area (Å²) in [5.74, 6) is 9.28. The fourth-order valence-electron chi connectivity index (χ4n) is 2.58. The van der Waals surface area contributed by atoms with Crippen molar-refractivity contribution in [3.05, 3.63) is 71.8 Å². The van der Waals surface area contributed by atoms with E-state index in [9.17, 15) is 19.2 Å². The molecule has 12 heteroatoms. The predicted octanol–water partition coefficient (Wildman–Crippen LogP) is 3.30. The number of unbranched alkanes of at least 4 members (excludes halogenated alkanes) is 5. The highest BCUT2D eigenvalue weighted by Gasteiger charge is 2.00. The minimum atomic E-state index is -1.23. The summed E-state index contributed by atoms with van der Waals surface area (Å²) >= 11 is 0. The molecule has 0 radical (unpaired) electrons. The fourth-order valence-corrected chi connectivity index (χ4v) is 2.58. The lowest BCUT2D eigenvalue weighted by molar-refractivity contribution is 0.0877. The van der Waals surface area contributed by atoms with E-state index in [0.717, 1.165) is 38.5 Å². The van der Waals surface area contributed by atoms with Crippen LogP contribution in [0.2, 0.25) is 0 Å². The average Bonchev–Trinajstić information content (AvgIpc) is 2.90. The molecule has 0 saturated carbocycles. The first-order valence-electron chi connectivity index (χ1n) is 11.1. The molecule has 2 aromatic carbocycles. The van der Waals surface area contributed by atoms with Gasteiger partial charge in [-0.25, -0.2) is 21.3 Å². The molecule has 0 heterocycles. The standard InChI is InChI=1S/C10H18O6.2C7H8N2O/c11-9(12)15-7-5-3-1-2-4-6-8-16-10(13)14;2*8-9-7(10)6-4-2-1-3-5-6/h1-8H2,(H,11,12)(H,13,14);2*1-5H,8H2,(H,9,10). The lowest BCUT2D eigenvalue weighted by Crippen LogP contribution is -2.29. The zero-order valence-corrected chi connectivity index (χ0v) is 19.9. The number of nitrogens with two attached hydrogens (primary N) is 2. The molecule has 8 N–H and O–H groups in total. The number of amides is 2. The summed E-state index contributed by atoms with van der Waals surface area (Å²) in [5, 5.41) is 16.3.